The number of aryl methyl sites for hydroxylation is 1. The number of likely N-dealkylation sites (tertiary alicyclic amines) is 1. The number of hydrogen-bond donors (Lipinski definition) is 1. The number of nitrogens with one attached hydrogen (secondary N) is 1. The molecule has 0 aliphatic carbocycles. The van der Waals surface area contributed by atoms with Gasteiger partial charge in [0, 0.05) is 31.9 Å². The van der Waals surface area contributed by atoms with Gasteiger partial charge >= 0.3 is 0 Å². The summed E-state index contributed by atoms with van der Waals surface area (Å²) >= 11 is 0. The molecule has 5 heteroatoms. The zero-order valence-corrected chi connectivity index (χ0v) is 13.5. The van der Waals surface area contributed by atoms with Crippen molar-refractivity contribution in [2.24, 2.45) is 0 Å². The summed E-state index contributed by atoms with van der Waals surface area (Å²) in [7, 11) is 0. The minimum Gasteiger partial charge on any atom is -0.347 e. The molecule has 1 unspecified atom stereocenters. The first-order valence-electron chi connectivity index (χ1n) is 8.25. The molecule has 1 aromatic heterocycles. The second kappa shape index (κ2) is 7.73. The Kier molecular flexibility index (Phi) is 5.21. The second-order valence-electron chi connectivity index (χ2n) is 6.05. The van der Waals surface area contributed by atoms with Crippen molar-refractivity contribution in [1.29, 1.82) is 0 Å². The maximum absolute atomic E-state index is 12.1. The maximum atomic E-state index is 12.1. The molecule has 3 rings (SSSR count). The van der Waals surface area contributed by atoms with Crippen molar-refractivity contribution in [1.82, 2.24) is 15.2 Å². The van der Waals surface area contributed by atoms with Gasteiger partial charge in [-0.3, -0.25) is 14.6 Å². The number of aromatic nitrogens is 1. The van der Waals surface area contributed by atoms with Gasteiger partial charge < -0.3 is 10.2 Å². The summed E-state index contributed by atoms with van der Waals surface area (Å²) in [6.45, 7) is 1.31. The Morgan fingerprint density at radius 3 is 2.79 bits per heavy atom. The van der Waals surface area contributed by atoms with Crippen molar-refractivity contribution in [3.8, 4) is 0 Å². The van der Waals surface area contributed by atoms with E-state index in [-0.39, 0.29) is 17.9 Å². The lowest BCUT2D eigenvalue weighted by molar-refractivity contribution is -0.127. The third-order valence-corrected chi connectivity index (χ3v) is 4.21. The van der Waals surface area contributed by atoms with Gasteiger partial charge in [-0.1, -0.05) is 30.3 Å². The van der Waals surface area contributed by atoms with E-state index in [1.807, 2.05) is 23.1 Å². The Morgan fingerprint density at radius 1 is 1.21 bits per heavy atom. The zero-order valence-electron chi connectivity index (χ0n) is 13.5. The molecule has 0 bridgehead atoms. The lowest BCUT2D eigenvalue weighted by Crippen LogP contribution is -2.37. The third-order valence-electron chi connectivity index (χ3n) is 4.21. The fourth-order valence-electron chi connectivity index (χ4n) is 2.97. The molecule has 2 heterocycles. The molecule has 1 saturated heterocycles. The predicted molar refractivity (Wildman–Crippen MR) is 91.5 cm³/mol. The van der Waals surface area contributed by atoms with Gasteiger partial charge in [0.15, 0.2) is 0 Å². The van der Waals surface area contributed by atoms with Gasteiger partial charge in [0.25, 0.3) is 5.91 Å². The van der Waals surface area contributed by atoms with Crippen molar-refractivity contribution in [3.63, 3.8) is 0 Å². The molecule has 1 aliphatic rings. The van der Waals surface area contributed by atoms with Crippen LogP contribution < -0.4 is 5.32 Å². The van der Waals surface area contributed by atoms with Crippen LogP contribution in [0.1, 0.15) is 28.8 Å². The highest BCUT2D eigenvalue weighted by Gasteiger charge is 2.30. The zero-order chi connectivity index (χ0) is 16.8. The molecule has 1 atom stereocenters. The topological polar surface area (TPSA) is 62.3 Å². The summed E-state index contributed by atoms with van der Waals surface area (Å²) in [5.74, 6) is -0.0633. The van der Waals surface area contributed by atoms with Gasteiger partial charge in [0.2, 0.25) is 5.91 Å². The standard InChI is InChI=1S/C19H21N3O2/c23-18-12-17(21-19(24)16-9-4-10-20-13-16)14-22(18)11-5-8-15-6-2-1-3-7-15/h1-4,6-7,9-10,13,17H,5,8,11-12,14H2,(H,21,24). The largest absolute Gasteiger partial charge is 0.347 e. The molecule has 1 fully saturated rings. The molecule has 0 spiro atoms. The average molecular weight is 323 g/mol. The van der Waals surface area contributed by atoms with E-state index in [0.29, 0.717) is 18.5 Å². The Hall–Kier alpha value is -2.69. The number of nitrogens with zero attached hydrogens (tertiary/aromatic N) is 2. The van der Waals surface area contributed by atoms with Crippen LogP contribution in [0.3, 0.4) is 0 Å². The smallest absolute Gasteiger partial charge is 0.253 e. The number of rotatable bonds is 6. The fraction of sp³-hybridized carbons (Fsp3) is 0.316. The third kappa shape index (κ3) is 4.19. The lowest BCUT2D eigenvalue weighted by atomic mass is 10.1. The van der Waals surface area contributed by atoms with Crippen molar-refractivity contribution >= 4 is 11.8 Å². The van der Waals surface area contributed by atoms with Crippen LogP contribution in [0, 0.1) is 0 Å². The van der Waals surface area contributed by atoms with Crippen LogP contribution in [0.4, 0.5) is 0 Å². The van der Waals surface area contributed by atoms with Gasteiger partial charge in [0.1, 0.15) is 0 Å². The van der Waals surface area contributed by atoms with Crippen molar-refractivity contribution in [2.45, 2.75) is 25.3 Å². The lowest BCUT2D eigenvalue weighted by Gasteiger charge is -2.17. The number of carbonyl (C=O) groups is 2. The monoisotopic (exact) mass is 323 g/mol. The molecule has 24 heavy (non-hydrogen) atoms. The van der Waals surface area contributed by atoms with E-state index in [1.165, 1.54) is 11.8 Å². The second-order valence-corrected chi connectivity index (χ2v) is 6.05. The number of pyridine rings is 1. The summed E-state index contributed by atoms with van der Waals surface area (Å²) in [5, 5.41) is 2.92. The summed E-state index contributed by atoms with van der Waals surface area (Å²) in [6.07, 6.45) is 5.42. The first-order valence-corrected chi connectivity index (χ1v) is 8.25. The number of carbonyl (C=O) groups excluding carboxylic acids is 2. The number of benzene rings is 1. The minimum atomic E-state index is -0.174. The summed E-state index contributed by atoms with van der Waals surface area (Å²) in [6, 6.07) is 13.6. The Morgan fingerprint density at radius 2 is 2.04 bits per heavy atom. The first kappa shape index (κ1) is 16.2. The molecular formula is C19H21N3O2. The van der Waals surface area contributed by atoms with Gasteiger partial charge in [-0.05, 0) is 30.5 Å². The SMILES string of the molecule is O=C(NC1CC(=O)N(CCCc2ccccc2)C1)c1cccnc1. The fourth-order valence-corrected chi connectivity index (χ4v) is 2.97. The first-order chi connectivity index (χ1) is 11.7. The Bertz CT molecular complexity index is 688. The highest BCUT2D eigenvalue weighted by molar-refractivity contribution is 5.94. The Balaban J connectivity index is 1.46. The molecule has 124 valence electrons. The maximum Gasteiger partial charge on any atom is 0.253 e. The van der Waals surface area contributed by atoms with Crippen molar-refractivity contribution in [3.05, 3.63) is 66.0 Å². The highest BCUT2D eigenvalue weighted by atomic mass is 16.2. The minimum absolute atomic E-state index is 0.111. The van der Waals surface area contributed by atoms with Gasteiger partial charge in [0.05, 0.1) is 11.6 Å². The van der Waals surface area contributed by atoms with Crippen LogP contribution >= 0.6 is 0 Å². The van der Waals surface area contributed by atoms with Crippen LogP contribution in [0.25, 0.3) is 0 Å². The molecule has 1 aliphatic heterocycles. The predicted octanol–water partition coefficient (Wildman–Crippen LogP) is 2.05. The quantitative estimate of drug-likeness (QED) is 0.885. The van der Waals surface area contributed by atoms with Crippen LogP contribution in [0.5, 0.6) is 0 Å². The normalized spacial score (nSPS) is 17.1. The molecule has 0 saturated carbocycles. The summed E-state index contributed by atoms with van der Waals surface area (Å²) < 4.78 is 0. The van der Waals surface area contributed by atoms with Crippen molar-refractivity contribution in [2.75, 3.05) is 13.1 Å². The van der Waals surface area contributed by atoms with E-state index < -0.39 is 0 Å². The molecule has 2 aromatic rings. The molecule has 2 amide bonds. The number of amides is 2. The van der Waals surface area contributed by atoms with Gasteiger partial charge in [-0.15, -0.1) is 0 Å². The van der Waals surface area contributed by atoms with Crippen LogP contribution in [0.2, 0.25) is 0 Å². The highest BCUT2D eigenvalue weighted by Crippen LogP contribution is 2.13. The molecule has 5 nitrogen and oxygen atoms in total. The molecule has 1 N–H and O–H groups in total. The van der Waals surface area contributed by atoms with E-state index in [4.69, 9.17) is 0 Å². The van der Waals surface area contributed by atoms with E-state index in [2.05, 4.69) is 22.4 Å². The van der Waals surface area contributed by atoms with E-state index in [9.17, 15) is 9.59 Å². The molecular weight excluding hydrogens is 302 g/mol. The van der Waals surface area contributed by atoms with Crippen molar-refractivity contribution < 1.29 is 9.59 Å². The summed E-state index contributed by atoms with van der Waals surface area (Å²) in [4.78, 5) is 30.0. The van der Waals surface area contributed by atoms with Gasteiger partial charge in [-0.25, -0.2) is 0 Å². The van der Waals surface area contributed by atoms with E-state index >= 15 is 0 Å². The van der Waals surface area contributed by atoms with Crippen LogP contribution in [-0.2, 0) is 11.2 Å². The molecule has 0 radical (unpaired) electrons. The van der Waals surface area contributed by atoms with E-state index in [0.717, 1.165) is 19.4 Å². The average Bonchev–Trinajstić information content (AvgIpc) is 2.96. The van der Waals surface area contributed by atoms with Gasteiger partial charge in [-0.2, -0.15) is 0 Å². The number of hydrogen-bond acceptors (Lipinski definition) is 3. The summed E-state index contributed by atoms with van der Waals surface area (Å²) in [5.41, 5.74) is 1.80. The Labute approximate surface area is 141 Å². The van der Waals surface area contributed by atoms with Crippen LogP contribution in [0.15, 0.2) is 54.9 Å². The molecule has 1 aromatic carbocycles. The van der Waals surface area contributed by atoms with E-state index in [1.54, 1.807) is 18.3 Å². The van der Waals surface area contributed by atoms with Crippen LogP contribution in [-0.4, -0.2) is 40.8 Å².